The lowest BCUT2D eigenvalue weighted by atomic mass is 10.2. The van der Waals surface area contributed by atoms with E-state index in [1.165, 1.54) is 16.3 Å². The zero-order chi connectivity index (χ0) is 23.3. The van der Waals surface area contributed by atoms with Crippen molar-refractivity contribution < 1.29 is 9.59 Å². The summed E-state index contributed by atoms with van der Waals surface area (Å²) in [7, 11) is 0. The number of benzene rings is 1. The van der Waals surface area contributed by atoms with Crippen LogP contribution in [0.2, 0.25) is 0 Å². The number of aryl methyl sites for hydroxylation is 1. The first-order valence-electron chi connectivity index (χ1n) is 11.0. The maximum Gasteiger partial charge on any atom is 0.262 e. The van der Waals surface area contributed by atoms with E-state index in [4.69, 9.17) is 0 Å². The summed E-state index contributed by atoms with van der Waals surface area (Å²) < 4.78 is 3.28. The van der Waals surface area contributed by atoms with Crippen molar-refractivity contribution in [3.05, 3.63) is 34.6 Å². The van der Waals surface area contributed by atoms with E-state index in [1.54, 1.807) is 21.4 Å². The molecule has 9 nitrogen and oxygen atoms in total. The summed E-state index contributed by atoms with van der Waals surface area (Å²) in [4.78, 5) is 39.7. The third-order valence-electron chi connectivity index (χ3n) is 5.50. The number of aromatic nitrogens is 4. The first-order valence-corrected chi connectivity index (χ1v) is 12.0. The lowest BCUT2D eigenvalue weighted by molar-refractivity contribution is -0.128. The van der Waals surface area contributed by atoms with E-state index >= 15 is 0 Å². The third-order valence-corrected chi connectivity index (χ3v) is 6.42. The Bertz CT molecular complexity index is 1170. The second-order valence-electron chi connectivity index (χ2n) is 7.57. The first kappa shape index (κ1) is 23.8. The molecule has 0 saturated carbocycles. The normalized spacial score (nSPS) is 12.2. The molecule has 3 rings (SSSR count). The molecule has 0 aliphatic rings. The minimum atomic E-state index is -0.215. The van der Waals surface area contributed by atoms with Crippen LogP contribution in [-0.2, 0) is 16.1 Å². The van der Waals surface area contributed by atoms with E-state index in [-0.39, 0.29) is 42.1 Å². The summed E-state index contributed by atoms with van der Waals surface area (Å²) in [5.74, 6) is 0.503. The first-order chi connectivity index (χ1) is 15.4. The molecule has 1 aromatic carbocycles. The number of nitrogens with one attached hydrogen (secondary N) is 1. The molecule has 1 atom stereocenters. The van der Waals surface area contributed by atoms with Crippen LogP contribution in [0.5, 0.6) is 0 Å². The number of nitrogens with zero attached hydrogens (tertiary/aromatic N) is 5. The Labute approximate surface area is 191 Å². The zero-order valence-corrected chi connectivity index (χ0v) is 19.8. The summed E-state index contributed by atoms with van der Waals surface area (Å²) in [6.45, 7) is 9.33. The number of thioether (sulfide) groups is 1. The van der Waals surface area contributed by atoms with Gasteiger partial charge in [-0.2, -0.15) is 0 Å². The van der Waals surface area contributed by atoms with Gasteiger partial charge in [-0.3, -0.25) is 23.4 Å². The summed E-state index contributed by atoms with van der Waals surface area (Å²) in [5.41, 5.74) is 0.461. The van der Waals surface area contributed by atoms with Gasteiger partial charge in [0.25, 0.3) is 5.56 Å². The fraction of sp³-hybridized carbons (Fsp3) is 0.500. The lowest BCUT2D eigenvalue weighted by Gasteiger charge is -2.18. The van der Waals surface area contributed by atoms with E-state index in [2.05, 4.69) is 15.5 Å². The van der Waals surface area contributed by atoms with Crippen molar-refractivity contribution in [1.82, 2.24) is 29.4 Å². The summed E-state index contributed by atoms with van der Waals surface area (Å²) in [6, 6.07) is 7.32. The standard InChI is InChI=1S/C22H30N6O3S/c1-5-15(4)23-18(29)12-13-27-20(31)16-10-8-9-11-17(16)28-21(27)24-25-22(28)32-14-19(30)26(6-2)7-3/h8-11,15H,5-7,12-14H2,1-4H3,(H,23,29). The number of hydrogen-bond acceptors (Lipinski definition) is 6. The number of carbonyl (C=O) groups excluding carboxylic acids is 2. The van der Waals surface area contributed by atoms with E-state index < -0.39 is 0 Å². The Morgan fingerprint density at radius 3 is 2.56 bits per heavy atom. The van der Waals surface area contributed by atoms with Gasteiger partial charge in [-0.05, 0) is 39.3 Å². The molecule has 0 aliphatic heterocycles. The van der Waals surface area contributed by atoms with Crippen molar-refractivity contribution in [1.29, 1.82) is 0 Å². The predicted molar refractivity (Wildman–Crippen MR) is 126 cm³/mol. The Balaban J connectivity index is 1.96. The van der Waals surface area contributed by atoms with E-state index in [0.717, 1.165) is 6.42 Å². The van der Waals surface area contributed by atoms with Crippen molar-refractivity contribution >= 4 is 40.3 Å². The molecular formula is C22H30N6O3S. The van der Waals surface area contributed by atoms with Crippen LogP contribution in [0.15, 0.2) is 34.2 Å². The number of carbonyl (C=O) groups is 2. The van der Waals surface area contributed by atoms with Crippen LogP contribution >= 0.6 is 11.8 Å². The quantitative estimate of drug-likeness (QED) is 0.468. The van der Waals surface area contributed by atoms with Gasteiger partial charge >= 0.3 is 0 Å². The number of amides is 2. The minimum Gasteiger partial charge on any atom is -0.354 e. The number of fused-ring (bicyclic) bond motifs is 3. The zero-order valence-electron chi connectivity index (χ0n) is 19.0. The second-order valence-corrected chi connectivity index (χ2v) is 8.52. The van der Waals surface area contributed by atoms with Gasteiger partial charge in [-0.1, -0.05) is 30.8 Å². The third kappa shape index (κ3) is 4.95. The van der Waals surface area contributed by atoms with Crippen molar-refractivity contribution in [2.24, 2.45) is 0 Å². The highest BCUT2D eigenvalue weighted by molar-refractivity contribution is 7.99. The molecule has 2 amide bonds. The van der Waals surface area contributed by atoms with Gasteiger partial charge in [0.1, 0.15) is 0 Å². The average molecular weight is 459 g/mol. The van der Waals surface area contributed by atoms with Gasteiger partial charge in [-0.25, -0.2) is 0 Å². The smallest absolute Gasteiger partial charge is 0.262 e. The van der Waals surface area contributed by atoms with Crippen LogP contribution in [0.1, 0.15) is 40.5 Å². The van der Waals surface area contributed by atoms with Crippen LogP contribution < -0.4 is 10.9 Å². The van der Waals surface area contributed by atoms with Crippen LogP contribution in [0, 0.1) is 0 Å². The van der Waals surface area contributed by atoms with E-state index in [1.807, 2.05) is 39.8 Å². The van der Waals surface area contributed by atoms with Crippen LogP contribution in [0.25, 0.3) is 16.7 Å². The highest BCUT2D eigenvalue weighted by Gasteiger charge is 2.19. The molecule has 0 saturated heterocycles. The molecule has 10 heteroatoms. The maximum absolute atomic E-state index is 13.2. The van der Waals surface area contributed by atoms with Gasteiger partial charge in [0.05, 0.1) is 16.7 Å². The molecule has 0 spiro atoms. The van der Waals surface area contributed by atoms with Gasteiger partial charge in [0, 0.05) is 32.1 Å². The fourth-order valence-corrected chi connectivity index (χ4v) is 4.33. The molecule has 0 radical (unpaired) electrons. The molecule has 172 valence electrons. The number of rotatable bonds is 10. The SMILES string of the molecule is CCC(C)NC(=O)CCn1c(=O)c2ccccc2n2c(SCC(=O)N(CC)CC)nnc12. The van der Waals surface area contributed by atoms with Crippen molar-refractivity contribution in [2.75, 3.05) is 18.8 Å². The monoisotopic (exact) mass is 458 g/mol. The van der Waals surface area contributed by atoms with Crippen LogP contribution in [0.4, 0.5) is 0 Å². The Hall–Kier alpha value is -2.88. The Kier molecular flexibility index (Phi) is 7.89. The molecule has 2 aromatic heterocycles. The number of hydrogen-bond donors (Lipinski definition) is 1. The largest absolute Gasteiger partial charge is 0.354 e. The van der Waals surface area contributed by atoms with Crippen LogP contribution in [0.3, 0.4) is 0 Å². The van der Waals surface area contributed by atoms with E-state index in [9.17, 15) is 14.4 Å². The Morgan fingerprint density at radius 2 is 1.88 bits per heavy atom. The summed E-state index contributed by atoms with van der Waals surface area (Å²) in [6.07, 6.45) is 0.997. The molecule has 0 bridgehead atoms. The van der Waals surface area contributed by atoms with Gasteiger partial charge in [-0.15, -0.1) is 10.2 Å². The fourth-order valence-electron chi connectivity index (χ4n) is 3.48. The van der Waals surface area contributed by atoms with E-state index in [0.29, 0.717) is 34.9 Å². The van der Waals surface area contributed by atoms with Crippen molar-refractivity contribution in [3.63, 3.8) is 0 Å². The molecule has 3 aromatic rings. The summed E-state index contributed by atoms with van der Waals surface area (Å²) in [5, 5.41) is 12.5. The molecule has 0 aliphatic carbocycles. The molecule has 1 unspecified atom stereocenters. The van der Waals surface area contributed by atoms with Gasteiger partial charge in [0.15, 0.2) is 5.16 Å². The highest BCUT2D eigenvalue weighted by Crippen LogP contribution is 2.22. The Morgan fingerprint density at radius 1 is 1.16 bits per heavy atom. The molecular weight excluding hydrogens is 428 g/mol. The topological polar surface area (TPSA) is 102 Å². The molecule has 0 fully saturated rings. The molecule has 32 heavy (non-hydrogen) atoms. The molecule has 1 N–H and O–H groups in total. The van der Waals surface area contributed by atoms with Crippen molar-refractivity contribution in [2.45, 2.75) is 58.3 Å². The van der Waals surface area contributed by atoms with Gasteiger partial charge < -0.3 is 10.2 Å². The summed E-state index contributed by atoms with van der Waals surface area (Å²) >= 11 is 1.29. The maximum atomic E-state index is 13.2. The minimum absolute atomic E-state index is 0.0242. The average Bonchev–Trinajstić information content (AvgIpc) is 3.22. The van der Waals surface area contributed by atoms with Crippen molar-refractivity contribution in [3.8, 4) is 0 Å². The highest BCUT2D eigenvalue weighted by atomic mass is 32.2. The number of para-hydroxylation sites is 1. The second kappa shape index (κ2) is 10.6. The van der Waals surface area contributed by atoms with Crippen LogP contribution in [-0.4, -0.2) is 60.8 Å². The lowest BCUT2D eigenvalue weighted by Crippen LogP contribution is -2.33. The van der Waals surface area contributed by atoms with Gasteiger partial charge in [0.2, 0.25) is 17.6 Å². The molecule has 2 heterocycles. The predicted octanol–water partition coefficient (Wildman–Crippen LogP) is 2.31.